The zero-order chi connectivity index (χ0) is 19.1. The van der Waals surface area contributed by atoms with E-state index in [1.165, 1.54) is 13.2 Å². The van der Waals surface area contributed by atoms with Gasteiger partial charge in [0.25, 0.3) is 5.91 Å². The van der Waals surface area contributed by atoms with Crippen LogP contribution in [0.3, 0.4) is 0 Å². The predicted octanol–water partition coefficient (Wildman–Crippen LogP) is 4.14. The number of methoxy groups -OCH3 is 1. The lowest BCUT2D eigenvalue weighted by Crippen LogP contribution is -2.19. The molecule has 136 valence electrons. The molecule has 0 spiro atoms. The summed E-state index contributed by atoms with van der Waals surface area (Å²) in [5, 5.41) is 6.04. The number of benzene rings is 2. The van der Waals surface area contributed by atoms with E-state index in [0.29, 0.717) is 21.4 Å². The van der Waals surface area contributed by atoms with Crippen LogP contribution >= 0.6 is 23.2 Å². The molecule has 2 aromatic carbocycles. The van der Waals surface area contributed by atoms with E-state index in [9.17, 15) is 14.4 Å². The van der Waals surface area contributed by atoms with Gasteiger partial charge in [-0.25, -0.2) is 0 Å². The first-order valence-corrected chi connectivity index (χ1v) is 8.38. The quantitative estimate of drug-likeness (QED) is 0.721. The van der Waals surface area contributed by atoms with Gasteiger partial charge < -0.3 is 15.4 Å². The van der Waals surface area contributed by atoms with Gasteiger partial charge in [0.05, 0.1) is 35.5 Å². The Labute approximate surface area is 160 Å². The number of amides is 2. The van der Waals surface area contributed by atoms with Crippen LogP contribution in [0.2, 0.25) is 10.0 Å². The van der Waals surface area contributed by atoms with Crippen LogP contribution in [0.5, 0.6) is 0 Å². The van der Waals surface area contributed by atoms with Crippen molar-refractivity contribution in [2.45, 2.75) is 12.8 Å². The second-order valence-corrected chi connectivity index (χ2v) is 6.09. The fourth-order valence-corrected chi connectivity index (χ4v) is 2.56. The summed E-state index contributed by atoms with van der Waals surface area (Å²) in [5.41, 5.74) is 0.975. The monoisotopic (exact) mass is 394 g/mol. The van der Waals surface area contributed by atoms with Crippen LogP contribution in [0.1, 0.15) is 23.2 Å². The summed E-state index contributed by atoms with van der Waals surface area (Å²) in [6, 6.07) is 11.2. The van der Waals surface area contributed by atoms with Crippen LogP contribution in [0.15, 0.2) is 42.5 Å². The van der Waals surface area contributed by atoms with Gasteiger partial charge in [-0.05, 0) is 30.3 Å². The number of anilines is 2. The molecule has 0 atom stereocenters. The van der Waals surface area contributed by atoms with Crippen molar-refractivity contribution >= 4 is 52.4 Å². The Kier molecular flexibility index (Phi) is 7.00. The minimum Gasteiger partial charge on any atom is -0.469 e. The average Bonchev–Trinajstić information content (AvgIpc) is 2.62. The average molecular weight is 395 g/mol. The van der Waals surface area contributed by atoms with Gasteiger partial charge in [0, 0.05) is 11.4 Å². The molecular formula is C18H16Cl2N2O4. The van der Waals surface area contributed by atoms with Crippen molar-refractivity contribution in [3.8, 4) is 0 Å². The standard InChI is InChI=1S/C18H16Cl2N2O4/c1-26-17(24)9-8-16(23)21-14-5-3-2-4-12(14)18(25)22-15-7-6-11(19)10-13(15)20/h2-7,10H,8-9H2,1H3,(H,21,23)(H,22,25). The highest BCUT2D eigenvalue weighted by Crippen LogP contribution is 2.26. The molecule has 0 fully saturated rings. The van der Waals surface area contributed by atoms with E-state index in [4.69, 9.17) is 23.2 Å². The minimum atomic E-state index is -0.483. The third-order valence-corrected chi connectivity index (χ3v) is 3.96. The van der Waals surface area contributed by atoms with Crippen LogP contribution in [0, 0.1) is 0 Å². The van der Waals surface area contributed by atoms with Gasteiger partial charge in [0.2, 0.25) is 5.91 Å². The molecule has 2 amide bonds. The summed E-state index contributed by atoms with van der Waals surface area (Å²) >= 11 is 11.9. The second kappa shape index (κ2) is 9.22. The normalized spacial score (nSPS) is 10.1. The number of esters is 1. The molecule has 0 saturated heterocycles. The Morgan fingerprint density at radius 1 is 0.962 bits per heavy atom. The number of halogens is 2. The molecule has 26 heavy (non-hydrogen) atoms. The zero-order valence-corrected chi connectivity index (χ0v) is 15.4. The molecule has 0 saturated carbocycles. The molecule has 6 nitrogen and oxygen atoms in total. The maximum absolute atomic E-state index is 12.5. The summed E-state index contributed by atoms with van der Waals surface area (Å²) < 4.78 is 4.49. The minimum absolute atomic E-state index is 0.0446. The number of carbonyl (C=O) groups is 3. The fourth-order valence-electron chi connectivity index (χ4n) is 2.10. The zero-order valence-electron chi connectivity index (χ0n) is 13.8. The molecule has 8 heteroatoms. The maximum atomic E-state index is 12.5. The summed E-state index contributed by atoms with van der Waals surface area (Å²) in [5.74, 6) is -1.33. The van der Waals surface area contributed by atoms with Crippen molar-refractivity contribution in [3.63, 3.8) is 0 Å². The highest BCUT2D eigenvalue weighted by atomic mass is 35.5. The van der Waals surface area contributed by atoms with Crippen molar-refractivity contribution in [3.05, 3.63) is 58.1 Å². The summed E-state index contributed by atoms with van der Waals surface area (Å²) in [6.45, 7) is 0. The summed E-state index contributed by atoms with van der Waals surface area (Å²) in [6.07, 6.45) is -0.0945. The molecule has 0 aromatic heterocycles. The summed E-state index contributed by atoms with van der Waals surface area (Å²) in [4.78, 5) is 35.6. The molecule has 0 aliphatic heterocycles. The van der Waals surface area contributed by atoms with Gasteiger partial charge in [-0.3, -0.25) is 14.4 Å². The number of hydrogen-bond acceptors (Lipinski definition) is 4. The van der Waals surface area contributed by atoms with Crippen molar-refractivity contribution in [2.75, 3.05) is 17.7 Å². The number of para-hydroxylation sites is 1. The third-order valence-electron chi connectivity index (χ3n) is 3.41. The van der Waals surface area contributed by atoms with Crippen molar-refractivity contribution in [1.82, 2.24) is 0 Å². The Morgan fingerprint density at radius 3 is 2.38 bits per heavy atom. The lowest BCUT2D eigenvalue weighted by molar-refractivity contribution is -0.141. The molecule has 2 rings (SSSR count). The van der Waals surface area contributed by atoms with Gasteiger partial charge in [0.15, 0.2) is 0 Å². The van der Waals surface area contributed by atoms with E-state index < -0.39 is 17.8 Å². The lowest BCUT2D eigenvalue weighted by Gasteiger charge is -2.12. The van der Waals surface area contributed by atoms with E-state index in [2.05, 4.69) is 15.4 Å². The summed E-state index contributed by atoms with van der Waals surface area (Å²) in [7, 11) is 1.25. The highest BCUT2D eigenvalue weighted by molar-refractivity contribution is 6.36. The SMILES string of the molecule is COC(=O)CCC(=O)Nc1ccccc1C(=O)Nc1ccc(Cl)cc1Cl. The molecule has 2 aromatic rings. The van der Waals surface area contributed by atoms with Crippen LogP contribution in [0.4, 0.5) is 11.4 Å². The van der Waals surface area contributed by atoms with Crippen molar-refractivity contribution < 1.29 is 19.1 Å². The Bertz CT molecular complexity index is 840. The molecule has 0 aliphatic rings. The molecular weight excluding hydrogens is 379 g/mol. The van der Waals surface area contributed by atoms with E-state index in [1.807, 2.05) is 0 Å². The molecule has 0 bridgehead atoms. The van der Waals surface area contributed by atoms with E-state index in [0.717, 1.165) is 0 Å². The number of rotatable bonds is 6. The first kappa shape index (κ1) is 19.8. The van der Waals surface area contributed by atoms with Crippen molar-refractivity contribution in [1.29, 1.82) is 0 Å². The lowest BCUT2D eigenvalue weighted by atomic mass is 10.1. The smallest absolute Gasteiger partial charge is 0.306 e. The Balaban J connectivity index is 2.11. The van der Waals surface area contributed by atoms with Crippen LogP contribution in [0.25, 0.3) is 0 Å². The van der Waals surface area contributed by atoms with Gasteiger partial charge in [-0.15, -0.1) is 0 Å². The topological polar surface area (TPSA) is 84.5 Å². The predicted molar refractivity (Wildman–Crippen MR) is 101 cm³/mol. The molecule has 0 aliphatic carbocycles. The van der Waals surface area contributed by atoms with E-state index in [-0.39, 0.29) is 18.4 Å². The van der Waals surface area contributed by atoms with Gasteiger partial charge >= 0.3 is 5.97 Å². The van der Waals surface area contributed by atoms with Gasteiger partial charge in [-0.2, -0.15) is 0 Å². The van der Waals surface area contributed by atoms with E-state index >= 15 is 0 Å². The second-order valence-electron chi connectivity index (χ2n) is 5.25. The molecule has 0 unspecified atom stereocenters. The highest BCUT2D eigenvalue weighted by Gasteiger charge is 2.15. The Hall–Kier alpha value is -2.57. The number of nitrogens with one attached hydrogen (secondary N) is 2. The number of hydrogen-bond donors (Lipinski definition) is 2. The van der Waals surface area contributed by atoms with Crippen LogP contribution < -0.4 is 10.6 Å². The van der Waals surface area contributed by atoms with Crippen LogP contribution in [-0.2, 0) is 14.3 Å². The molecule has 0 radical (unpaired) electrons. The van der Waals surface area contributed by atoms with Crippen LogP contribution in [-0.4, -0.2) is 24.9 Å². The maximum Gasteiger partial charge on any atom is 0.306 e. The van der Waals surface area contributed by atoms with E-state index in [1.54, 1.807) is 36.4 Å². The first-order chi connectivity index (χ1) is 12.4. The van der Waals surface area contributed by atoms with Crippen molar-refractivity contribution in [2.24, 2.45) is 0 Å². The molecule has 2 N–H and O–H groups in total. The molecule has 0 heterocycles. The largest absolute Gasteiger partial charge is 0.469 e. The first-order valence-electron chi connectivity index (χ1n) is 7.63. The van der Waals surface area contributed by atoms with Gasteiger partial charge in [-0.1, -0.05) is 35.3 Å². The fraction of sp³-hybridized carbons (Fsp3) is 0.167. The Morgan fingerprint density at radius 2 is 1.69 bits per heavy atom. The number of ether oxygens (including phenoxy) is 1. The van der Waals surface area contributed by atoms with Gasteiger partial charge in [0.1, 0.15) is 0 Å². The number of carbonyl (C=O) groups excluding carboxylic acids is 3. The third kappa shape index (κ3) is 5.47.